The van der Waals surface area contributed by atoms with Gasteiger partial charge in [-0.05, 0) is 18.2 Å². The second kappa shape index (κ2) is 6.55. The van der Waals surface area contributed by atoms with Crippen LogP contribution in [0.2, 0.25) is 0 Å². The quantitative estimate of drug-likeness (QED) is 0.477. The Morgan fingerprint density at radius 2 is 2.15 bits per heavy atom. The summed E-state index contributed by atoms with van der Waals surface area (Å²) in [5.41, 5.74) is 5.93. The Morgan fingerprint density at radius 3 is 2.65 bits per heavy atom. The van der Waals surface area contributed by atoms with Crippen molar-refractivity contribution in [3.8, 4) is 0 Å². The number of hydrogen-bond donors (Lipinski definition) is 3. The number of carbonyl (C=O) groups is 1. The third kappa shape index (κ3) is 3.83. The zero-order chi connectivity index (χ0) is 15.3. The first-order chi connectivity index (χ1) is 9.29. The molecule has 0 saturated heterocycles. The molecule has 0 atom stereocenters. The van der Waals surface area contributed by atoms with Crippen LogP contribution in [-0.2, 0) is 14.9 Å². The van der Waals surface area contributed by atoms with Crippen LogP contribution in [0.25, 0.3) is 0 Å². The summed E-state index contributed by atoms with van der Waals surface area (Å²) in [5.74, 6) is -1.13. The maximum atomic E-state index is 12.0. The SMILES string of the molecule is COCCNS(=O)(=O)N(C)c1ccc(C(=O)O)cc1N. The minimum Gasteiger partial charge on any atom is -0.478 e. The molecule has 8 nitrogen and oxygen atoms in total. The van der Waals surface area contributed by atoms with Crippen LogP contribution in [0.4, 0.5) is 11.4 Å². The average Bonchev–Trinajstić information content (AvgIpc) is 2.37. The maximum Gasteiger partial charge on any atom is 0.335 e. The van der Waals surface area contributed by atoms with E-state index in [0.717, 1.165) is 4.31 Å². The molecule has 20 heavy (non-hydrogen) atoms. The number of methoxy groups -OCH3 is 1. The van der Waals surface area contributed by atoms with Gasteiger partial charge in [-0.3, -0.25) is 4.31 Å². The van der Waals surface area contributed by atoms with Gasteiger partial charge in [-0.15, -0.1) is 0 Å². The van der Waals surface area contributed by atoms with Gasteiger partial charge in [-0.25, -0.2) is 4.79 Å². The van der Waals surface area contributed by atoms with E-state index in [1.165, 1.54) is 32.4 Å². The van der Waals surface area contributed by atoms with Gasteiger partial charge in [0.25, 0.3) is 0 Å². The lowest BCUT2D eigenvalue weighted by Crippen LogP contribution is -2.40. The van der Waals surface area contributed by atoms with E-state index >= 15 is 0 Å². The molecule has 1 aromatic rings. The number of rotatable bonds is 7. The summed E-state index contributed by atoms with van der Waals surface area (Å²) >= 11 is 0. The van der Waals surface area contributed by atoms with Crippen molar-refractivity contribution >= 4 is 27.6 Å². The van der Waals surface area contributed by atoms with Crippen molar-refractivity contribution in [1.29, 1.82) is 0 Å². The Kier molecular flexibility index (Phi) is 5.31. The predicted molar refractivity (Wildman–Crippen MR) is 75.0 cm³/mol. The number of benzene rings is 1. The van der Waals surface area contributed by atoms with Crippen molar-refractivity contribution < 1.29 is 23.1 Å². The Labute approximate surface area is 117 Å². The summed E-state index contributed by atoms with van der Waals surface area (Å²) in [4.78, 5) is 10.8. The van der Waals surface area contributed by atoms with Gasteiger partial charge in [0.05, 0.1) is 23.5 Å². The van der Waals surface area contributed by atoms with E-state index < -0.39 is 16.2 Å². The van der Waals surface area contributed by atoms with Gasteiger partial charge in [0.15, 0.2) is 0 Å². The number of anilines is 2. The first kappa shape index (κ1) is 16.2. The highest BCUT2D eigenvalue weighted by atomic mass is 32.2. The largest absolute Gasteiger partial charge is 0.478 e. The lowest BCUT2D eigenvalue weighted by molar-refractivity contribution is 0.0697. The van der Waals surface area contributed by atoms with E-state index in [1.54, 1.807) is 0 Å². The second-order valence-electron chi connectivity index (χ2n) is 3.94. The number of aromatic carboxylic acids is 1. The first-order valence-corrected chi connectivity index (χ1v) is 7.09. The highest BCUT2D eigenvalue weighted by Crippen LogP contribution is 2.25. The monoisotopic (exact) mass is 303 g/mol. The van der Waals surface area contributed by atoms with Crippen LogP contribution < -0.4 is 14.8 Å². The number of nitrogens with two attached hydrogens (primary N) is 1. The van der Waals surface area contributed by atoms with Gasteiger partial charge in [0, 0.05) is 20.7 Å². The molecule has 0 bridgehead atoms. The van der Waals surface area contributed by atoms with E-state index in [2.05, 4.69) is 4.72 Å². The highest BCUT2D eigenvalue weighted by molar-refractivity contribution is 7.90. The molecule has 0 saturated carbocycles. The minimum absolute atomic E-state index is 0.00982. The van der Waals surface area contributed by atoms with Crippen LogP contribution in [0.15, 0.2) is 18.2 Å². The van der Waals surface area contributed by atoms with Crippen molar-refractivity contribution in [3.63, 3.8) is 0 Å². The summed E-state index contributed by atoms with van der Waals surface area (Å²) in [6, 6.07) is 3.84. The molecule has 1 rings (SSSR count). The average molecular weight is 303 g/mol. The lowest BCUT2D eigenvalue weighted by atomic mass is 10.2. The molecule has 9 heteroatoms. The van der Waals surface area contributed by atoms with Gasteiger partial charge in [0.1, 0.15) is 0 Å². The standard InChI is InChI=1S/C11H17N3O5S/c1-14(20(17,18)13-5-6-19-2)10-4-3-8(11(15)16)7-9(10)12/h3-4,7,13H,5-6,12H2,1-2H3,(H,15,16). The number of ether oxygens (including phenoxy) is 1. The van der Waals surface area contributed by atoms with Crippen LogP contribution in [-0.4, -0.2) is 46.8 Å². The smallest absolute Gasteiger partial charge is 0.335 e. The van der Waals surface area contributed by atoms with Crippen molar-refractivity contribution in [2.75, 3.05) is 37.3 Å². The molecule has 0 aromatic heterocycles. The minimum atomic E-state index is -3.77. The molecule has 112 valence electrons. The van der Waals surface area contributed by atoms with Crippen molar-refractivity contribution in [2.45, 2.75) is 0 Å². The Balaban J connectivity index is 2.97. The van der Waals surface area contributed by atoms with E-state index in [0.29, 0.717) is 0 Å². The Morgan fingerprint density at radius 1 is 1.50 bits per heavy atom. The third-order valence-corrected chi connectivity index (χ3v) is 4.05. The lowest BCUT2D eigenvalue weighted by Gasteiger charge is -2.21. The number of nitrogen functional groups attached to an aromatic ring is 1. The molecule has 0 amide bonds. The summed E-state index contributed by atoms with van der Waals surface area (Å²) in [7, 11) is -0.986. The third-order valence-electron chi connectivity index (χ3n) is 2.56. The molecule has 0 aliphatic heterocycles. The fraction of sp³-hybridized carbons (Fsp3) is 0.364. The van der Waals surface area contributed by atoms with Gasteiger partial charge in [-0.1, -0.05) is 0 Å². The molecule has 0 fully saturated rings. The number of nitrogens with zero attached hydrogens (tertiary/aromatic N) is 1. The van der Waals surface area contributed by atoms with Crippen molar-refractivity contribution in [3.05, 3.63) is 23.8 Å². The van der Waals surface area contributed by atoms with E-state index in [1.807, 2.05) is 0 Å². The molecular weight excluding hydrogens is 286 g/mol. The van der Waals surface area contributed by atoms with Crippen LogP contribution in [0.1, 0.15) is 10.4 Å². The molecule has 0 unspecified atom stereocenters. The Bertz CT molecular complexity index is 588. The molecule has 0 aliphatic rings. The Hall–Kier alpha value is -1.84. The first-order valence-electron chi connectivity index (χ1n) is 5.65. The normalized spacial score (nSPS) is 11.3. The fourth-order valence-electron chi connectivity index (χ4n) is 1.47. The zero-order valence-corrected chi connectivity index (χ0v) is 12.0. The predicted octanol–water partition coefficient (Wildman–Crippen LogP) is -0.116. The van der Waals surface area contributed by atoms with Gasteiger partial charge in [-0.2, -0.15) is 13.1 Å². The molecule has 0 aliphatic carbocycles. The van der Waals surface area contributed by atoms with Gasteiger partial charge >= 0.3 is 16.2 Å². The summed E-state index contributed by atoms with van der Waals surface area (Å²) in [6.07, 6.45) is 0. The number of carboxylic acid groups (broad SMARTS) is 1. The topological polar surface area (TPSA) is 122 Å². The molecule has 0 radical (unpaired) electrons. The van der Waals surface area contributed by atoms with Crippen LogP contribution in [0, 0.1) is 0 Å². The zero-order valence-electron chi connectivity index (χ0n) is 11.2. The van der Waals surface area contributed by atoms with Gasteiger partial charge in [0.2, 0.25) is 0 Å². The molecular formula is C11H17N3O5S. The number of carboxylic acids is 1. The maximum absolute atomic E-state index is 12.0. The number of nitrogens with one attached hydrogen (secondary N) is 1. The molecule has 0 heterocycles. The van der Waals surface area contributed by atoms with E-state index in [4.69, 9.17) is 15.6 Å². The van der Waals surface area contributed by atoms with Crippen LogP contribution in [0.3, 0.4) is 0 Å². The van der Waals surface area contributed by atoms with Crippen LogP contribution in [0.5, 0.6) is 0 Å². The highest BCUT2D eigenvalue weighted by Gasteiger charge is 2.20. The van der Waals surface area contributed by atoms with E-state index in [-0.39, 0.29) is 30.1 Å². The second-order valence-corrected chi connectivity index (χ2v) is 5.72. The summed E-state index contributed by atoms with van der Waals surface area (Å²) < 4.78 is 32.0. The molecule has 0 spiro atoms. The molecule has 4 N–H and O–H groups in total. The summed E-state index contributed by atoms with van der Waals surface area (Å²) in [6.45, 7) is 0.358. The van der Waals surface area contributed by atoms with Gasteiger partial charge < -0.3 is 15.6 Å². The van der Waals surface area contributed by atoms with Crippen molar-refractivity contribution in [2.24, 2.45) is 0 Å². The number of hydrogen-bond acceptors (Lipinski definition) is 5. The van der Waals surface area contributed by atoms with Crippen LogP contribution >= 0.6 is 0 Å². The van der Waals surface area contributed by atoms with Crippen molar-refractivity contribution in [1.82, 2.24) is 4.72 Å². The van der Waals surface area contributed by atoms with E-state index in [9.17, 15) is 13.2 Å². The molecule has 1 aromatic carbocycles. The summed E-state index contributed by atoms with van der Waals surface area (Å²) in [5, 5.41) is 8.83. The fourth-order valence-corrected chi connectivity index (χ4v) is 2.43.